The number of anilines is 2. The molecule has 0 atom stereocenters. The van der Waals surface area contributed by atoms with Crippen LogP contribution in [0.3, 0.4) is 0 Å². The molecule has 2 amide bonds. The molecule has 0 aromatic heterocycles. The van der Waals surface area contributed by atoms with E-state index < -0.39 is 0 Å². The lowest BCUT2D eigenvalue weighted by Crippen LogP contribution is -2.33. The van der Waals surface area contributed by atoms with Crippen LogP contribution < -0.4 is 16.0 Å². The van der Waals surface area contributed by atoms with E-state index in [4.69, 9.17) is 23.8 Å². The Morgan fingerprint density at radius 2 is 1.58 bits per heavy atom. The number of carbonyl (C=O) groups excluding carboxylic acids is 2. The molecule has 0 saturated heterocycles. The third-order valence-electron chi connectivity index (χ3n) is 3.09. The van der Waals surface area contributed by atoms with Crippen LogP contribution in [0.15, 0.2) is 48.5 Å². The lowest BCUT2D eigenvalue weighted by atomic mass is 10.2. The van der Waals surface area contributed by atoms with Crippen molar-refractivity contribution in [1.82, 2.24) is 5.32 Å². The molecular formula is C17H16ClN3O2S. The summed E-state index contributed by atoms with van der Waals surface area (Å²) in [7, 11) is 0. The van der Waals surface area contributed by atoms with E-state index in [1.165, 1.54) is 0 Å². The average Bonchev–Trinajstić information content (AvgIpc) is 2.56. The Morgan fingerprint density at radius 1 is 1.00 bits per heavy atom. The quantitative estimate of drug-likeness (QED) is 0.724. The highest BCUT2D eigenvalue weighted by molar-refractivity contribution is 7.80. The lowest BCUT2D eigenvalue weighted by Gasteiger charge is -2.10. The molecule has 2 aromatic carbocycles. The molecule has 0 unspecified atom stereocenters. The molecule has 3 N–H and O–H groups in total. The summed E-state index contributed by atoms with van der Waals surface area (Å²) in [5.74, 6) is -0.442. The average molecular weight is 362 g/mol. The van der Waals surface area contributed by atoms with Crippen LogP contribution in [0.4, 0.5) is 11.4 Å². The molecule has 0 heterocycles. The molecule has 0 saturated carbocycles. The minimum absolute atomic E-state index is 0.156. The largest absolute Gasteiger partial charge is 0.332 e. The number of hydrogen-bond donors (Lipinski definition) is 3. The van der Waals surface area contributed by atoms with Crippen molar-refractivity contribution in [2.45, 2.75) is 13.3 Å². The molecule has 0 fully saturated rings. The molecule has 0 bridgehead atoms. The maximum atomic E-state index is 12.2. The number of nitrogens with one attached hydrogen (secondary N) is 3. The summed E-state index contributed by atoms with van der Waals surface area (Å²) in [4.78, 5) is 23.4. The molecular weight excluding hydrogens is 346 g/mol. The highest BCUT2D eigenvalue weighted by atomic mass is 35.5. The van der Waals surface area contributed by atoms with Crippen molar-refractivity contribution in [1.29, 1.82) is 0 Å². The lowest BCUT2D eigenvalue weighted by molar-refractivity contribution is -0.119. The zero-order valence-electron chi connectivity index (χ0n) is 12.9. The first-order valence-electron chi connectivity index (χ1n) is 7.26. The van der Waals surface area contributed by atoms with Crippen molar-refractivity contribution in [3.05, 3.63) is 59.1 Å². The number of carbonyl (C=O) groups is 2. The number of hydrogen-bond acceptors (Lipinski definition) is 3. The Labute approximate surface area is 150 Å². The fourth-order valence-corrected chi connectivity index (χ4v) is 2.31. The summed E-state index contributed by atoms with van der Waals surface area (Å²) in [6.45, 7) is 1.74. The van der Waals surface area contributed by atoms with Gasteiger partial charge in [-0.2, -0.15) is 0 Å². The highest BCUT2D eigenvalue weighted by Gasteiger charge is 2.09. The van der Waals surface area contributed by atoms with Crippen LogP contribution in [0.2, 0.25) is 5.02 Å². The van der Waals surface area contributed by atoms with Gasteiger partial charge in [0.15, 0.2) is 5.11 Å². The number of benzene rings is 2. The molecule has 0 aliphatic rings. The first kappa shape index (κ1) is 17.9. The van der Waals surface area contributed by atoms with Gasteiger partial charge in [-0.15, -0.1) is 0 Å². The normalized spacial score (nSPS) is 9.92. The maximum Gasteiger partial charge on any atom is 0.257 e. The third-order valence-corrected chi connectivity index (χ3v) is 3.63. The van der Waals surface area contributed by atoms with Crippen LogP contribution in [0.1, 0.15) is 23.7 Å². The summed E-state index contributed by atoms with van der Waals surface area (Å²) in [6.07, 6.45) is 0.356. The molecule has 2 rings (SSSR count). The van der Waals surface area contributed by atoms with Gasteiger partial charge in [0.2, 0.25) is 5.91 Å². The van der Waals surface area contributed by atoms with Gasteiger partial charge in [-0.1, -0.05) is 30.7 Å². The number of halogens is 1. The minimum atomic E-state index is -0.285. The second kappa shape index (κ2) is 8.42. The van der Waals surface area contributed by atoms with E-state index in [1.807, 2.05) is 0 Å². The van der Waals surface area contributed by atoms with Gasteiger partial charge in [0.25, 0.3) is 5.91 Å². The van der Waals surface area contributed by atoms with E-state index in [0.29, 0.717) is 28.4 Å². The zero-order valence-corrected chi connectivity index (χ0v) is 14.5. The van der Waals surface area contributed by atoms with Crippen molar-refractivity contribution < 1.29 is 9.59 Å². The van der Waals surface area contributed by atoms with Gasteiger partial charge in [-0.25, -0.2) is 0 Å². The van der Waals surface area contributed by atoms with E-state index in [9.17, 15) is 9.59 Å². The second-order valence-corrected chi connectivity index (χ2v) is 5.68. The van der Waals surface area contributed by atoms with Crippen LogP contribution in [-0.2, 0) is 4.79 Å². The highest BCUT2D eigenvalue weighted by Crippen LogP contribution is 2.18. The SMILES string of the molecule is CCC(=O)NC(=S)Nc1ccc(NC(=O)c2ccccc2Cl)cc1. The van der Waals surface area contributed by atoms with E-state index in [1.54, 1.807) is 55.5 Å². The Bertz CT molecular complexity index is 763. The molecule has 0 radical (unpaired) electrons. The fraction of sp³-hybridized carbons (Fsp3) is 0.118. The minimum Gasteiger partial charge on any atom is -0.332 e. The predicted octanol–water partition coefficient (Wildman–Crippen LogP) is 3.82. The van der Waals surface area contributed by atoms with Crippen molar-refractivity contribution in [3.63, 3.8) is 0 Å². The molecule has 0 aliphatic carbocycles. The summed E-state index contributed by atoms with van der Waals surface area (Å²) in [5.41, 5.74) is 1.73. The van der Waals surface area contributed by atoms with E-state index in [-0.39, 0.29) is 16.9 Å². The monoisotopic (exact) mass is 361 g/mol. The van der Waals surface area contributed by atoms with Gasteiger partial charge in [0.1, 0.15) is 0 Å². The van der Waals surface area contributed by atoms with Gasteiger partial charge in [-0.05, 0) is 48.6 Å². The smallest absolute Gasteiger partial charge is 0.257 e. The Hall–Kier alpha value is -2.44. The van der Waals surface area contributed by atoms with E-state index in [2.05, 4.69) is 16.0 Å². The van der Waals surface area contributed by atoms with Gasteiger partial charge in [0, 0.05) is 17.8 Å². The van der Waals surface area contributed by atoms with Gasteiger partial charge < -0.3 is 16.0 Å². The zero-order chi connectivity index (χ0) is 17.5. The molecule has 24 heavy (non-hydrogen) atoms. The summed E-state index contributed by atoms with van der Waals surface area (Å²) in [6, 6.07) is 13.8. The van der Waals surface area contributed by atoms with Gasteiger partial charge >= 0.3 is 0 Å². The summed E-state index contributed by atoms with van der Waals surface area (Å²) >= 11 is 11.0. The van der Waals surface area contributed by atoms with Crippen LogP contribution in [0, 0.1) is 0 Å². The van der Waals surface area contributed by atoms with Crippen LogP contribution >= 0.6 is 23.8 Å². The van der Waals surface area contributed by atoms with Gasteiger partial charge in [-0.3, -0.25) is 9.59 Å². The number of amides is 2. The van der Waals surface area contributed by atoms with Crippen molar-refractivity contribution in [2.24, 2.45) is 0 Å². The molecule has 0 spiro atoms. The molecule has 2 aromatic rings. The number of thiocarbonyl (C=S) groups is 1. The van der Waals surface area contributed by atoms with Crippen molar-refractivity contribution in [3.8, 4) is 0 Å². The van der Waals surface area contributed by atoms with Crippen molar-refractivity contribution >= 4 is 52.1 Å². The van der Waals surface area contributed by atoms with Crippen LogP contribution in [-0.4, -0.2) is 16.9 Å². The van der Waals surface area contributed by atoms with Crippen molar-refractivity contribution in [2.75, 3.05) is 10.6 Å². The first-order valence-corrected chi connectivity index (χ1v) is 8.05. The predicted molar refractivity (Wildman–Crippen MR) is 101 cm³/mol. The van der Waals surface area contributed by atoms with E-state index >= 15 is 0 Å². The van der Waals surface area contributed by atoms with Crippen LogP contribution in [0.5, 0.6) is 0 Å². The summed E-state index contributed by atoms with van der Waals surface area (Å²) in [5, 5.41) is 8.84. The van der Waals surface area contributed by atoms with E-state index in [0.717, 1.165) is 0 Å². The molecule has 124 valence electrons. The Balaban J connectivity index is 1.97. The second-order valence-electron chi connectivity index (χ2n) is 4.87. The third kappa shape index (κ3) is 5.04. The first-order chi connectivity index (χ1) is 11.5. The van der Waals surface area contributed by atoms with Crippen LogP contribution in [0.25, 0.3) is 0 Å². The maximum absolute atomic E-state index is 12.2. The molecule has 7 heteroatoms. The number of rotatable bonds is 4. The Morgan fingerprint density at radius 3 is 2.17 bits per heavy atom. The van der Waals surface area contributed by atoms with Gasteiger partial charge in [0.05, 0.1) is 10.6 Å². The molecule has 5 nitrogen and oxygen atoms in total. The fourth-order valence-electron chi connectivity index (χ4n) is 1.86. The molecule has 0 aliphatic heterocycles. The summed E-state index contributed by atoms with van der Waals surface area (Å²) < 4.78 is 0. The Kier molecular flexibility index (Phi) is 6.28. The standard InChI is InChI=1S/C17H16ClN3O2S/c1-2-15(22)21-17(24)20-12-9-7-11(8-10-12)19-16(23)13-5-3-4-6-14(13)18/h3-10H,2H2,1H3,(H,19,23)(H2,20,21,22,24). The topological polar surface area (TPSA) is 70.2 Å².